The van der Waals surface area contributed by atoms with Crippen LogP contribution in [0.25, 0.3) is 0 Å². The Hall–Kier alpha value is 0.227. The Kier molecular flexibility index (Phi) is 5.57. The van der Waals surface area contributed by atoms with E-state index in [1.165, 1.54) is 36.6 Å². The molecule has 0 aromatic carbocycles. The molecule has 1 nitrogen and oxygen atoms in total. The molecule has 0 atom stereocenters. The minimum Gasteiger partial charge on any atom is -0.456 e. The molecule has 1 rings (SSSR count). The van der Waals surface area contributed by atoms with E-state index in [1.807, 2.05) is 0 Å². The molecule has 0 aliphatic heterocycles. The SMILES string of the molecule is CCCCCCc1oc(I)cc1[Si](C)(C)C. The Morgan fingerprint density at radius 1 is 1.19 bits per heavy atom. The van der Waals surface area contributed by atoms with Gasteiger partial charge >= 0.3 is 0 Å². The van der Waals surface area contributed by atoms with Gasteiger partial charge in [-0.3, -0.25) is 0 Å². The van der Waals surface area contributed by atoms with E-state index in [0.717, 1.165) is 10.2 Å². The van der Waals surface area contributed by atoms with Crippen molar-refractivity contribution in [2.24, 2.45) is 0 Å². The van der Waals surface area contributed by atoms with Crippen LogP contribution in [0, 0.1) is 3.77 Å². The predicted octanol–water partition coefficient (Wildman–Crippen LogP) is 4.55. The average Bonchev–Trinajstić information content (AvgIpc) is 2.54. The minimum absolute atomic E-state index is 1.06. The third-order valence-electron chi connectivity index (χ3n) is 2.84. The molecule has 16 heavy (non-hydrogen) atoms. The van der Waals surface area contributed by atoms with E-state index in [2.05, 4.69) is 55.2 Å². The quantitative estimate of drug-likeness (QED) is 0.417. The number of furan rings is 1. The van der Waals surface area contributed by atoms with Gasteiger partial charge in [-0.15, -0.1) is 0 Å². The highest BCUT2D eigenvalue weighted by atomic mass is 127. The number of unbranched alkanes of at least 4 members (excludes halogenated alkanes) is 3. The van der Waals surface area contributed by atoms with Crippen LogP contribution in [-0.4, -0.2) is 8.07 Å². The zero-order chi connectivity index (χ0) is 12.2. The van der Waals surface area contributed by atoms with Crippen LogP contribution in [0.1, 0.15) is 38.4 Å². The fourth-order valence-corrected chi connectivity index (χ4v) is 4.38. The van der Waals surface area contributed by atoms with Crippen molar-refractivity contribution >= 4 is 35.9 Å². The first kappa shape index (κ1) is 14.3. The average molecular weight is 350 g/mol. The van der Waals surface area contributed by atoms with Crippen LogP contribution in [0.15, 0.2) is 10.5 Å². The van der Waals surface area contributed by atoms with Gasteiger partial charge in [0.25, 0.3) is 0 Å². The molecule has 1 aromatic heterocycles. The highest BCUT2D eigenvalue weighted by Gasteiger charge is 2.23. The van der Waals surface area contributed by atoms with Gasteiger partial charge in [-0.2, -0.15) is 0 Å². The summed E-state index contributed by atoms with van der Waals surface area (Å²) in [6.45, 7) is 9.43. The molecule has 1 aromatic rings. The minimum atomic E-state index is -1.22. The number of hydrogen-bond donors (Lipinski definition) is 0. The molecule has 0 aliphatic carbocycles. The van der Waals surface area contributed by atoms with E-state index >= 15 is 0 Å². The topological polar surface area (TPSA) is 13.1 Å². The number of hydrogen-bond acceptors (Lipinski definition) is 1. The first-order valence-electron chi connectivity index (χ1n) is 6.24. The smallest absolute Gasteiger partial charge is 0.163 e. The Labute approximate surface area is 114 Å². The molecule has 1 heterocycles. The Balaban J connectivity index is 2.65. The van der Waals surface area contributed by atoms with Gasteiger partial charge in [0.05, 0.1) is 8.07 Å². The Bertz CT molecular complexity index is 325. The standard InChI is InChI=1S/C13H23IOSi/c1-5-6-7-8-9-11-12(16(2,3)4)10-13(14)15-11/h10H,5-9H2,1-4H3. The lowest BCUT2D eigenvalue weighted by atomic mass is 10.1. The van der Waals surface area contributed by atoms with E-state index < -0.39 is 8.07 Å². The van der Waals surface area contributed by atoms with E-state index in [0.29, 0.717) is 0 Å². The molecular weight excluding hydrogens is 327 g/mol. The van der Waals surface area contributed by atoms with Gasteiger partial charge < -0.3 is 4.42 Å². The number of halogens is 1. The molecule has 3 heteroatoms. The van der Waals surface area contributed by atoms with Crippen molar-refractivity contribution in [1.82, 2.24) is 0 Å². The largest absolute Gasteiger partial charge is 0.456 e. The van der Waals surface area contributed by atoms with Crippen molar-refractivity contribution in [2.45, 2.75) is 58.7 Å². The van der Waals surface area contributed by atoms with Crippen LogP contribution < -0.4 is 5.19 Å². The second-order valence-electron chi connectivity index (χ2n) is 5.45. The van der Waals surface area contributed by atoms with Crippen molar-refractivity contribution in [3.63, 3.8) is 0 Å². The summed E-state index contributed by atoms with van der Waals surface area (Å²) in [6.07, 6.45) is 6.38. The number of aryl methyl sites for hydroxylation is 1. The van der Waals surface area contributed by atoms with Crippen LogP contribution in [0.5, 0.6) is 0 Å². The van der Waals surface area contributed by atoms with Gasteiger partial charge in [-0.05, 0) is 40.3 Å². The van der Waals surface area contributed by atoms with Crippen molar-refractivity contribution in [3.8, 4) is 0 Å². The van der Waals surface area contributed by atoms with Gasteiger partial charge in [0.15, 0.2) is 3.77 Å². The molecule has 0 amide bonds. The maximum Gasteiger partial charge on any atom is 0.163 e. The lowest BCUT2D eigenvalue weighted by molar-refractivity contribution is 0.475. The zero-order valence-corrected chi connectivity index (χ0v) is 14.1. The molecule has 0 saturated heterocycles. The lowest BCUT2D eigenvalue weighted by Crippen LogP contribution is -2.38. The summed E-state index contributed by atoms with van der Waals surface area (Å²) in [5.41, 5.74) is 0. The van der Waals surface area contributed by atoms with Gasteiger partial charge in [-0.1, -0.05) is 45.8 Å². The Morgan fingerprint density at radius 3 is 2.44 bits per heavy atom. The van der Waals surface area contributed by atoms with Crippen LogP contribution >= 0.6 is 22.6 Å². The van der Waals surface area contributed by atoms with E-state index in [-0.39, 0.29) is 0 Å². The summed E-state index contributed by atoms with van der Waals surface area (Å²) in [7, 11) is -1.22. The van der Waals surface area contributed by atoms with Crippen LogP contribution in [0.2, 0.25) is 19.6 Å². The van der Waals surface area contributed by atoms with Crippen LogP contribution in [-0.2, 0) is 6.42 Å². The Morgan fingerprint density at radius 2 is 1.88 bits per heavy atom. The first-order chi connectivity index (χ1) is 7.45. The van der Waals surface area contributed by atoms with Gasteiger partial charge in [-0.25, -0.2) is 0 Å². The van der Waals surface area contributed by atoms with Gasteiger partial charge in [0.1, 0.15) is 5.76 Å². The summed E-state index contributed by atoms with van der Waals surface area (Å²) in [5.74, 6) is 1.26. The maximum absolute atomic E-state index is 5.84. The number of rotatable bonds is 6. The first-order valence-corrected chi connectivity index (χ1v) is 10.8. The van der Waals surface area contributed by atoms with Crippen molar-refractivity contribution in [2.75, 3.05) is 0 Å². The van der Waals surface area contributed by atoms with Gasteiger partial charge in [0.2, 0.25) is 0 Å². The van der Waals surface area contributed by atoms with E-state index in [9.17, 15) is 0 Å². The third-order valence-corrected chi connectivity index (χ3v) is 5.42. The van der Waals surface area contributed by atoms with Crippen LogP contribution in [0.3, 0.4) is 0 Å². The van der Waals surface area contributed by atoms with E-state index in [4.69, 9.17) is 4.42 Å². The molecule has 0 N–H and O–H groups in total. The fourth-order valence-electron chi connectivity index (χ4n) is 1.93. The van der Waals surface area contributed by atoms with Crippen molar-refractivity contribution in [1.29, 1.82) is 0 Å². The molecule has 0 fully saturated rings. The summed E-state index contributed by atoms with van der Waals surface area (Å²) in [6, 6.07) is 2.25. The zero-order valence-electron chi connectivity index (χ0n) is 10.9. The van der Waals surface area contributed by atoms with Crippen LogP contribution in [0.4, 0.5) is 0 Å². The molecule has 0 aliphatic rings. The molecule has 0 saturated carbocycles. The maximum atomic E-state index is 5.84. The summed E-state index contributed by atoms with van der Waals surface area (Å²) < 4.78 is 6.90. The fraction of sp³-hybridized carbons (Fsp3) is 0.692. The highest BCUT2D eigenvalue weighted by Crippen LogP contribution is 2.16. The lowest BCUT2D eigenvalue weighted by Gasteiger charge is -2.15. The second kappa shape index (κ2) is 6.24. The monoisotopic (exact) mass is 350 g/mol. The predicted molar refractivity (Wildman–Crippen MR) is 82.3 cm³/mol. The summed E-state index contributed by atoms with van der Waals surface area (Å²) in [4.78, 5) is 0. The van der Waals surface area contributed by atoms with Crippen molar-refractivity contribution < 1.29 is 4.42 Å². The molecule has 0 radical (unpaired) electrons. The third kappa shape index (κ3) is 4.24. The second-order valence-corrected chi connectivity index (χ2v) is 11.5. The summed E-state index contributed by atoms with van der Waals surface area (Å²) >= 11 is 2.29. The normalized spacial score (nSPS) is 12.1. The molecule has 0 bridgehead atoms. The molecule has 92 valence electrons. The molecule has 0 spiro atoms. The summed E-state index contributed by atoms with van der Waals surface area (Å²) in [5, 5.41) is 1.52. The van der Waals surface area contributed by atoms with Crippen molar-refractivity contribution in [3.05, 3.63) is 15.6 Å². The molecular formula is C13H23IOSi. The molecule has 0 unspecified atom stereocenters. The van der Waals surface area contributed by atoms with Gasteiger partial charge in [0, 0.05) is 6.42 Å². The van der Waals surface area contributed by atoms with E-state index in [1.54, 1.807) is 0 Å². The highest BCUT2D eigenvalue weighted by molar-refractivity contribution is 14.1.